The molecule has 0 saturated heterocycles. The van der Waals surface area contributed by atoms with E-state index in [-0.39, 0.29) is 0 Å². The van der Waals surface area contributed by atoms with Gasteiger partial charge < -0.3 is 14.8 Å². The van der Waals surface area contributed by atoms with Crippen LogP contribution in [0.25, 0.3) is 10.6 Å². The van der Waals surface area contributed by atoms with Crippen LogP contribution >= 0.6 is 11.3 Å². The fourth-order valence-electron chi connectivity index (χ4n) is 2.96. The first-order valence-electron chi connectivity index (χ1n) is 8.74. The SMILES string of the molecule is Cc1nc(C2CC2)sc1-c1ccnc(Nc2ccc3c(c2)OCCO3)n1. The minimum absolute atomic E-state index is 0.556. The van der Waals surface area contributed by atoms with Crippen molar-refractivity contribution in [3.8, 4) is 22.1 Å². The Morgan fingerprint density at radius 1 is 1.08 bits per heavy atom. The second-order valence-corrected chi connectivity index (χ2v) is 7.52. The third-order valence-corrected chi connectivity index (χ3v) is 5.77. The summed E-state index contributed by atoms with van der Waals surface area (Å²) >= 11 is 1.75. The summed E-state index contributed by atoms with van der Waals surface area (Å²) in [6.07, 6.45) is 4.29. The van der Waals surface area contributed by atoms with Gasteiger partial charge >= 0.3 is 0 Å². The Morgan fingerprint density at radius 2 is 1.92 bits per heavy atom. The summed E-state index contributed by atoms with van der Waals surface area (Å²) in [6.45, 7) is 3.20. The summed E-state index contributed by atoms with van der Waals surface area (Å²) in [6, 6.07) is 7.68. The first kappa shape index (κ1) is 15.6. The van der Waals surface area contributed by atoms with Crippen LogP contribution in [0.2, 0.25) is 0 Å². The van der Waals surface area contributed by atoms with Crippen molar-refractivity contribution in [1.82, 2.24) is 15.0 Å². The van der Waals surface area contributed by atoms with Gasteiger partial charge in [-0.25, -0.2) is 15.0 Å². The van der Waals surface area contributed by atoms with E-state index >= 15 is 0 Å². The smallest absolute Gasteiger partial charge is 0.227 e. The summed E-state index contributed by atoms with van der Waals surface area (Å²) in [4.78, 5) is 14.9. The Bertz CT molecular complexity index is 968. The Kier molecular flexibility index (Phi) is 3.74. The summed E-state index contributed by atoms with van der Waals surface area (Å²) in [5.41, 5.74) is 2.81. The van der Waals surface area contributed by atoms with Gasteiger partial charge in [0.05, 0.1) is 21.3 Å². The molecule has 0 spiro atoms. The molecule has 0 atom stereocenters. The molecule has 2 aliphatic rings. The Labute approximate surface area is 155 Å². The molecule has 1 aliphatic heterocycles. The maximum absolute atomic E-state index is 5.63. The van der Waals surface area contributed by atoms with Crippen molar-refractivity contribution in [3.05, 3.63) is 41.2 Å². The minimum Gasteiger partial charge on any atom is -0.486 e. The van der Waals surface area contributed by atoms with E-state index in [2.05, 4.69) is 15.3 Å². The van der Waals surface area contributed by atoms with Crippen LogP contribution in [0.5, 0.6) is 11.5 Å². The first-order chi connectivity index (χ1) is 12.8. The second-order valence-electron chi connectivity index (χ2n) is 6.49. The maximum Gasteiger partial charge on any atom is 0.227 e. The van der Waals surface area contributed by atoms with Crippen LogP contribution in [0.1, 0.15) is 29.5 Å². The Morgan fingerprint density at radius 3 is 2.77 bits per heavy atom. The van der Waals surface area contributed by atoms with Gasteiger partial charge in [-0.3, -0.25) is 0 Å². The maximum atomic E-state index is 5.63. The number of nitrogens with one attached hydrogen (secondary N) is 1. The molecule has 2 aromatic heterocycles. The van der Waals surface area contributed by atoms with E-state index < -0.39 is 0 Å². The largest absolute Gasteiger partial charge is 0.486 e. The van der Waals surface area contributed by atoms with Gasteiger partial charge in [0.15, 0.2) is 11.5 Å². The lowest BCUT2D eigenvalue weighted by molar-refractivity contribution is 0.171. The molecule has 26 heavy (non-hydrogen) atoms. The molecule has 1 aliphatic carbocycles. The van der Waals surface area contributed by atoms with E-state index in [1.165, 1.54) is 17.8 Å². The van der Waals surface area contributed by atoms with Crippen molar-refractivity contribution in [1.29, 1.82) is 0 Å². The van der Waals surface area contributed by atoms with Gasteiger partial charge in [0.1, 0.15) is 13.2 Å². The molecule has 0 amide bonds. The number of hydrogen-bond acceptors (Lipinski definition) is 7. The number of thiazole rings is 1. The Balaban J connectivity index is 1.41. The van der Waals surface area contributed by atoms with Crippen LogP contribution in [0.3, 0.4) is 0 Å². The molecule has 1 saturated carbocycles. The number of rotatable bonds is 4. The van der Waals surface area contributed by atoms with Crippen LogP contribution in [0.4, 0.5) is 11.6 Å². The van der Waals surface area contributed by atoms with Crippen LogP contribution in [-0.2, 0) is 0 Å². The minimum atomic E-state index is 0.556. The monoisotopic (exact) mass is 366 g/mol. The number of nitrogens with zero attached hydrogens (tertiary/aromatic N) is 3. The lowest BCUT2D eigenvalue weighted by Crippen LogP contribution is -2.15. The number of hydrogen-bond donors (Lipinski definition) is 1. The van der Waals surface area contributed by atoms with E-state index in [0.717, 1.165) is 33.5 Å². The molecule has 3 aromatic rings. The van der Waals surface area contributed by atoms with Crippen molar-refractivity contribution in [2.45, 2.75) is 25.7 Å². The summed E-state index contributed by atoms with van der Waals surface area (Å²) in [5.74, 6) is 2.72. The molecule has 0 unspecified atom stereocenters. The number of benzene rings is 1. The molecular formula is C19H18N4O2S. The van der Waals surface area contributed by atoms with E-state index in [1.807, 2.05) is 31.2 Å². The lowest BCUT2D eigenvalue weighted by Gasteiger charge is -2.19. The molecule has 3 heterocycles. The number of fused-ring (bicyclic) bond motifs is 1. The first-order valence-corrected chi connectivity index (χ1v) is 9.55. The van der Waals surface area contributed by atoms with Gasteiger partial charge in [-0.1, -0.05) is 0 Å². The third-order valence-electron chi connectivity index (χ3n) is 4.43. The molecule has 1 N–H and O–H groups in total. The second kappa shape index (κ2) is 6.25. The van der Waals surface area contributed by atoms with Crippen LogP contribution in [0.15, 0.2) is 30.5 Å². The predicted molar refractivity (Wildman–Crippen MR) is 101 cm³/mol. The zero-order chi connectivity index (χ0) is 17.5. The van der Waals surface area contributed by atoms with Crippen molar-refractivity contribution >= 4 is 23.0 Å². The van der Waals surface area contributed by atoms with Crippen molar-refractivity contribution < 1.29 is 9.47 Å². The molecule has 1 aromatic carbocycles. The highest BCUT2D eigenvalue weighted by Crippen LogP contribution is 2.44. The fourth-order valence-corrected chi connectivity index (χ4v) is 4.16. The van der Waals surface area contributed by atoms with Gasteiger partial charge in [0, 0.05) is 23.9 Å². The van der Waals surface area contributed by atoms with Crippen LogP contribution in [-0.4, -0.2) is 28.2 Å². The van der Waals surface area contributed by atoms with Gasteiger partial charge in [-0.15, -0.1) is 11.3 Å². The molecule has 0 radical (unpaired) electrons. The van der Waals surface area contributed by atoms with Crippen molar-refractivity contribution in [3.63, 3.8) is 0 Å². The molecule has 5 rings (SSSR count). The molecule has 0 bridgehead atoms. The van der Waals surface area contributed by atoms with E-state index in [4.69, 9.17) is 14.5 Å². The molecule has 132 valence electrons. The van der Waals surface area contributed by atoms with Gasteiger partial charge in [-0.2, -0.15) is 0 Å². The number of anilines is 2. The predicted octanol–water partition coefficient (Wildman–Crippen LogP) is 4.30. The zero-order valence-electron chi connectivity index (χ0n) is 14.4. The normalized spacial score (nSPS) is 15.7. The molecule has 6 nitrogen and oxygen atoms in total. The van der Waals surface area contributed by atoms with Crippen LogP contribution in [0, 0.1) is 6.92 Å². The van der Waals surface area contributed by atoms with E-state index in [0.29, 0.717) is 25.1 Å². The fraction of sp³-hybridized carbons (Fsp3) is 0.316. The van der Waals surface area contributed by atoms with Gasteiger partial charge in [0.2, 0.25) is 5.95 Å². The lowest BCUT2D eigenvalue weighted by atomic mass is 10.2. The number of ether oxygens (including phenoxy) is 2. The standard InChI is InChI=1S/C19H18N4O2S/c1-11-17(26-18(21-11)12-2-3-12)14-6-7-20-19(23-14)22-13-4-5-15-16(10-13)25-9-8-24-15/h4-7,10,12H,2-3,8-9H2,1H3,(H,20,22,23). The quantitative estimate of drug-likeness (QED) is 0.742. The number of aromatic nitrogens is 3. The van der Waals surface area contributed by atoms with Gasteiger partial charge in [-0.05, 0) is 38.0 Å². The highest BCUT2D eigenvalue weighted by atomic mass is 32.1. The average molecular weight is 366 g/mol. The highest BCUT2D eigenvalue weighted by Gasteiger charge is 2.28. The van der Waals surface area contributed by atoms with Crippen molar-refractivity contribution in [2.24, 2.45) is 0 Å². The highest BCUT2D eigenvalue weighted by molar-refractivity contribution is 7.15. The summed E-state index contributed by atoms with van der Waals surface area (Å²) in [5, 5.41) is 4.49. The molecule has 1 fully saturated rings. The van der Waals surface area contributed by atoms with Crippen molar-refractivity contribution in [2.75, 3.05) is 18.5 Å². The third kappa shape index (κ3) is 2.99. The topological polar surface area (TPSA) is 69.2 Å². The summed E-state index contributed by atoms with van der Waals surface area (Å²) < 4.78 is 11.2. The van der Waals surface area contributed by atoms with Gasteiger partial charge in [0.25, 0.3) is 0 Å². The van der Waals surface area contributed by atoms with E-state index in [1.54, 1.807) is 17.5 Å². The molecular weight excluding hydrogens is 348 g/mol. The van der Waals surface area contributed by atoms with Crippen LogP contribution < -0.4 is 14.8 Å². The number of aryl methyl sites for hydroxylation is 1. The summed E-state index contributed by atoms with van der Waals surface area (Å²) in [7, 11) is 0. The zero-order valence-corrected chi connectivity index (χ0v) is 15.2. The average Bonchev–Trinajstić information content (AvgIpc) is 3.44. The molecule has 7 heteroatoms. The van der Waals surface area contributed by atoms with E-state index in [9.17, 15) is 0 Å². The Hall–Kier alpha value is -2.67.